The summed E-state index contributed by atoms with van der Waals surface area (Å²) in [5, 5.41) is 2.71. The summed E-state index contributed by atoms with van der Waals surface area (Å²) in [5.74, 6) is 0. The summed E-state index contributed by atoms with van der Waals surface area (Å²) in [5.41, 5.74) is 3.66. The number of para-hydroxylation sites is 2. The Morgan fingerprint density at radius 2 is 1.46 bits per heavy atom. The van der Waals surface area contributed by atoms with Crippen LogP contribution in [0.5, 0.6) is 0 Å². The Bertz CT molecular complexity index is 769. The van der Waals surface area contributed by atoms with Crippen LogP contribution in [0.1, 0.15) is 27.7 Å². The molecule has 0 amide bonds. The van der Waals surface area contributed by atoms with Crippen molar-refractivity contribution >= 4 is 28.5 Å². The highest BCUT2D eigenvalue weighted by atomic mass is 15.0. The highest BCUT2D eigenvalue weighted by Crippen LogP contribution is 2.28. The van der Waals surface area contributed by atoms with Crippen molar-refractivity contribution in [3.05, 3.63) is 73.0 Å². The monoisotopic (exact) mass is 320 g/mol. The second-order valence-corrected chi connectivity index (χ2v) is 5.12. The van der Waals surface area contributed by atoms with Gasteiger partial charge < -0.3 is 4.57 Å². The lowest BCUT2D eigenvalue weighted by molar-refractivity contribution is 0.827. The minimum atomic E-state index is 0.993. The molecule has 1 heterocycles. The number of hydrogen-bond acceptors (Lipinski definition) is 1. The molecule has 0 fully saturated rings. The van der Waals surface area contributed by atoms with Crippen LogP contribution < -0.4 is 0 Å². The molecule has 0 aliphatic rings. The zero-order chi connectivity index (χ0) is 17.9. The highest BCUT2D eigenvalue weighted by Gasteiger charge is 2.06. The molecular weight excluding hydrogens is 292 g/mol. The van der Waals surface area contributed by atoms with Crippen molar-refractivity contribution < 1.29 is 0 Å². The molecule has 0 unspecified atom stereocenters. The molecular formula is C22H28N2. The molecule has 0 saturated carbocycles. The van der Waals surface area contributed by atoms with Gasteiger partial charge >= 0.3 is 0 Å². The second-order valence-electron chi connectivity index (χ2n) is 5.12. The van der Waals surface area contributed by atoms with Crippen molar-refractivity contribution in [3.63, 3.8) is 0 Å². The molecule has 0 bridgehead atoms. The van der Waals surface area contributed by atoms with Gasteiger partial charge in [-0.2, -0.15) is 0 Å². The van der Waals surface area contributed by atoms with E-state index in [0.717, 1.165) is 12.1 Å². The number of allylic oxidation sites excluding steroid dienone is 2. The fourth-order valence-corrected chi connectivity index (χ4v) is 2.52. The summed E-state index contributed by atoms with van der Waals surface area (Å²) < 4.78 is 2.37. The lowest BCUT2D eigenvalue weighted by Gasteiger charge is -2.01. The zero-order valence-corrected chi connectivity index (χ0v) is 15.3. The van der Waals surface area contributed by atoms with Gasteiger partial charge in [-0.05, 0) is 38.8 Å². The van der Waals surface area contributed by atoms with Crippen LogP contribution in [0, 0.1) is 0 Å². The second kappa shape index (κ2) is 10.2. The summed E-state index contributed by atoms with van der Waals surface area (Å²) in [6.45, 7) is 16.0. The first-order chi connectivity index (χ1) is 11.7. The van der Waals surface area contributed by atoms with E-state index in [1.165, 1.54) is 21.8 Å². The first-order valence-corrected chi connectivity index (χ1v) is 8.43. The van der Waals surface area contributed by atoms with Gasteiger partial charge in [0.25, 0.3) is 0 Å². The summed E-state index contributed by atoms with van der Waals surface area (Å²) in [4.78, 5) is 3.48. The van der Waals surface area contributed by atoms with E-state index >= 15 is 0 Å². The number of fused-ring (bicyclic) bond motifs is 3. The third kappa shape index (κ3) is 4.69. The van der Waals surface area contributed by atoms with E-state index in [1.807, 2.05) is 20.8 Å². The number of aliphatic imine (C=N–C) groups is 1. The number of hydrogen-bond donors (Lipinski definition) is 0. The molecule has 126 valence electrons. The first-order valence-electron chi connectivity index (χ1n) is 8.43. The molecule has 2 heteroatoms. The van der Waals surface area contributed by atoms with Crippen LogP contribution in [-0.2, 0) is 6.54 Å². The third-order valence-electron chi connectivity index (χ3n) is 3.46. The van der Waals surface area contributed by atoms with Crippen LogP contribution in [0.15, 0.2) is 78.0 Å². The van der Waals surface area contributed by atoms with Gasteiger partial charge in [-0.25, -0.2) is 0 Å². The lowest BCUT2D eigenvalue weighted by atomic mass is 10.2. The molecule has 2 aromatic carbocycles. The SMILES string of the molecule is C=N/C=C\C(=C)C.CC.CCn1c2ccccc2c2ccccc21. The zero-order valence-electron chi connectivity index (χ0n) is 15.3. The highest BCUT2D eigenvalue weighted by molar-refractivity contribution is 6.07. The molecule has 3 rings (SSSR count). The van der Waals surface area contributed by atoms with Crippen molar-refractivity contribution in [3.8, 4) is 0 Å². The molecule has 0 N–H and O–H groups in total. The van der Waals surface area contributed by atoms with Gasteiger partial charge in [0, 0.05) is 34.6 Å². The van der Waals surface area contributed by atoms with E-state index in [1.54, 1.807) is 12.3 Å². The van der Waals surface area contributed by atoms with E-state index in [0.29, 0.717) is 0 Å². The van der Waals surface area contributed by atoms with E-state index in [-0.39, 0.29) is 0 Å². The molecule has 0 aliphatic heterocycles. The Balaban J connectivity index is 0.000000274. The fourth-order valence-electron chi connectivity index (χ4n) is 2.52. The van der Waals surface area contributed by atoms with Crippen LogP contribution in [0.25, 0.3) is 21.8 Å². The number of benzene rings is 2. The maximum Gasteiger partial charge on any atom is 0.0491 e. The quantitative estimate of drug-likeness (QED) is 0.381. The topological polar surface area (TPSA) is 17.3 Å². The summed E-state index contributed by atoms with van der Waals surface area (Å²) in [6.07, 6.45) is 3.41. The Morgan fingerprint density at radius 3 is 1.79 bits per heavy atom. The standard InChI is InChI=1S/C14H13N.C6H9N.C2H6/c1-2-15-13-9-5-3-7-11(13)12-8-4-6-10-14(12)15;1-6(2)4-5-7-3;1-2/h3-10H,2H2,1H3;4-5H,1,3H2,2H3;1-2H3/b;5-4-;. The molecule has 0 saturated heterocycles. The Kier molecular flexibility index (Phi) is 8.28. The number of aromatic nitrogens is 1. The molecule has 2 nitrogen and oxygen atoms in total. The smallest absolute Gasteiger partial charge is 0.0491 e. The van der Waals surface area contributed by atoms with Crippen molar-refractivity contribution in [1.82, 2.24) is 4.57 Å². The molecule has 24 heavy (non-hydrogen) atoms. The third-order valence-corrected chi connectivity index (χ3v) is 3.46. The molecule has 1 aromatic heterocycles. The van der Waals surface area contributed by atoms with E-state index in [4.69, 9.17) is 0 Å². The van der Waals surface area contributed by atoms with Gasteiger partial charge in [0.1, 0.15) is 0 Å². The first kappa shape index (κ1) is 19.4. The predicted molar refractivity (Wildman–Crippen MR) is 110 cm³/mol. The van der Waals surface area contributed by atoms with Crippen LogP contribution in [0.4, 0.5) is 0 Å². The predicted octanol–water partition coefficient (Wildman–Crippen LogP) is 6.62. The molecule has 0 spiro atoms. The average molecular weight is 320 g/mol. The number of nitrogens with zero attached hydrogens (tertiary/aromatic N) is 2. The fraction of sp³-hybridized carbons (Fsp3) is 0.227. The van der Waals surface area contributed by atoms with Crippen molar-refractivity contribution in [1.29, 1.82) is 0 Å². The summed E-state index contributed by atoms with van der Waals surface area (Å²) in [7, 11) is 0. The maximum atomic E-state index is 3.62. The van der Waals surface area contributed by atoms with E-state index in [9.17, 15) is 0 Å². The van der Waals surface area contributed by atoms with E-state index < -0.39 is 0 Å². The van der Waals surface area contributed by atoms with Gasteiger partial charge in [0.05, 0.1) is 0 Å². The lowest BCUT2D eigenvalue weighted by Crippen LogP contribution is -1.91. The van der Waals surface area contributed by atoms with Crippen LogP contribution in [0.3, 0.4) is 0 Å². The largest absolute Gasteiger partial charge is 0.341 e. The summed E-state index contributed by atoms with van der Waals surface area (Å²) >= 11 is 0. The van der Waals surface area contributed by atoms with Crippen LogP contribution in [-0.4, -0.2) is 11.3 Å². The molecule has 0 radical (unpaired) electrons. The van der Waals surface area contributed by atoms with Crippen molar-refractivity contribution in [2.75, 3.05) is 0 Å². The molecule has 0 aliphatic carbocycles. The van der Waals surface area contributed by atoms with Gasteiger partial charge in [-0.1, -0.05) is 62.4 Å². The van der Waals surface area contributed by atoms with Crippen LogP contribution >= 0.6 is 0 Å². The minimum absolute atomic E-state index is 0.993. The normalized spacial score (nSPS) is 10.0. The summed E-state index contributed by atoms with van der Waals surface area (Å²) in [6, 6.07) is 17.2. The van der Waals surface area contributed by atoms with Crippen molar-refractivity contribution in [2.24, 2.45) is 4.99 Å². The molecule has 3 aromatic rings. The van der Waals surface area contributed by atoms with Crippen molar-refractivity contribution in [2.45, 2.75) is 34.2 Å². The average Bonchev–Trinajstić information content (AvgIpc) is 2.96. The van der Waals surface area contributed by atoms with Gasteiger partial charge in [0.2, 0.25) is 0 Å². The Hall–Kier alpha value is -2.61. The van der Waals surface area contributed by atoms with Gasteiger partial charge in [-0.15, -0.1) is 0 Å². The number of aryl methyl sites for hydroxylation is 1. The van der Waals surface area contributed by atoms with Gasteiger partial charge in [-0.3, -0.25) is 4.99 Å². The van der Waals surface area contributed by atoms with E-state index in [2.05, 4.69) is 78.3 Å². The maximum absolute atomic E-state index is 3.62. The van der Waals surface area contributed by atoms with Crippen LogP contribution in [0.2, 0.25) is 0 Å². The minimum Gasteiger partial charge on any atom is -0.341 e. The number of rotatable bonds is 3. The molecule has 0 atom stereocenters. The van der Waals surface area contributed by atoms with Gasteiger partial charge in [0.15, 0.2) is 0 Å². The Morgan fingerprint density at radius 1 is 1.00 bits per heavy atom. The Labute approximate surface area is 145 Å².